The Bertz CT molecular complexity index is 565. The Morgan fingerprint density at radius 2 is 2.00 bits per heavy atom. The summed E-state index contributed by atoms with van der Waals surface area (Å²) in [7, 11) is 0. The Kier molecular flexibility index (Phi) is 3.34. The smallest absolute Gasteiger partial charge is 0.425 e. The Hall–Kier alpha value is -1.49. The second-order valence-electron chi connectivity index (χ2n) is 3.76. The predicted molar refractivity (Wildman–Crippen MR) is 62.9 cm³/mol. The molecule has 0 amide bonds. The second kappa shape index (κ2) is 4.65. The number of pyridine rings is 1. The van der Waals surface area contributed by atoms with Gasteiger partial charge < -0.3 is 4.74 Å². The molecule has 0 fully saturated rings. The molecule has 0 saturated heterocycles. The van der Waals surface area contributed by atoms with Gasteiger partial charge in [0, 0.05) is 6.20 Å². The first kappa shape index (κ1) is 13.0. The molecular formula is C12H9ClF3NO. The van der Waals surface area contributed by atoms with Crippen LogP contribution >= 0.6 is 11.6 Å². The molecule has 2 rings (SSSR count). The summed E-state index contributed by atoms with van der Waals surface area (Å²) >= 11 is 5.89. The topological polar surface area (TPSA) is 22.1 Å². The van der Waals surface area contributed by atoms with Crippen LogP contribution < -0.4 is 4.74 Å². The maximum atomic E-state index is 12.5. The molecule has 0 radical (unpaired) electrons. The van der Waals surface area contributed by atoms with E-state index in [2.05, 4.69) is 4.98 Å². The van der Waals surface area contributed by atoms with E-state index in [0.717, 1.165) is 6.92 Å². The molecule has 0 aliphatic heterocycles. The fourth-order valence-electron chi connectivity index (χ4n) is 1.51. The largest absolute Gasteiger partial charge is 0.480 e. The van der Waals surface area contributed by atoms with Crippen LogP contribution in [0.25, 0.3) is 10.8 Å². The Morgan fingerprint density at radius 3 is 2.67 bits per heavy atom. The number of rotatable bonds is 2. The summed E-state index contributed by atoms with van der Waals surface area (Å²) in [4.78, 5) is 3.84. The van der Waals surface area contributed by atoms with Crippen molar-refractivity contribution in [2.45, 2.75) is 19.2 Å². The van der Waals surface area contributed by atoms with Crippen molar-refractivity contribution in [2.24, 2.45) is 0 Å². The van der Waals surface area contributed by atoms with Gasteiger partial charge in [-0.15, -0.1) is 0 Å². The summed E-state index contributed by atoms with van der Waals surface area (Å²) in [5.41, 5.74) is 0. The molecule has 1 aromatic heterocycles. The van der Waals surface area contributed by atoms with Crippen molar-refractivity contribution < 1.29 is 17.9 Å². The van der Waals surface area contributed by atoms with Crippen molar-refractivity contribution in [2.75, 3.05) is 0 Å². The second-order valence-corrected chi connectivity index (χ2v) is 4.12. The SMILES string of the molecule is CC(Oc1cccc2ccnc(Cl)c12)C(F)(F)F. The van der Waals surface area contributed by atoms with Gasteiger partial charge in [0.25, 0.3) is 0 Å². The summed E-state index contributed by atoms with van der Waals surface area (Å²) in [5.74, 6) is 0.0791. The lowest BCUT2D eigenvalue weighted by Gasteiger charge is -2.18. The fraction of sp³-hybridized carbons (Fsp3) is 0.250. The standard InChI is InChI=1S/C12H9ClF3NO/c1-7(12(14,15)16)18-9-4-2-3-8-5-6-17-11(13)10(8)9/h2-7H,1H3. The number of halogens is 4. The van der Waals surface area contributed by atoms with E-state index in [1.165, 1.54) is 12.3 Å². The molecule has 0 aliphatic carbocycles. The highest BCUT2D eigenvalue weighted by Gasteiger charge is 2.38. The fourth-order valence-corrected chi connectivity index (χ4v) is 1.77. The molecule has 96 valence electrons. The Labute approximate surface area is 106 Å². The van der Waals surface area contributed by atoms with Crippen LogP contribution in [0.2, 0.25) is 5.15 Å². The number of alkyl halides is 3. The van der Waals surface area contributed by atoms with Crippen LogP contribution in [0, 0.1) is 0 Å². The number of ether oxygens (including phenoxy) is 1. The molecule has 1 atom stereocenters. The summed E-state index contributed by atoms with van der Waals surface area (Å²) in [6, 6.07) is 6.44. The van der Waals surface area contributed by atoms with Crippen LogP contribution in [0.1, 0.15) is 6.92 Å². The molecule has 1 aromatic carbocycles. The predicted octanol–water partition coefficient (Wildman–Crippen LogP) is 4.22. The van der Waals surface area contributed by atoms with Gasteiger partial charge in [-0.25, -0.2) is 4.98 Å². The van der Waals surface area contributed by atoms with Gasteiger partial charge in [0.1, 0.15) is 10.9 Å². The van der Waals surface area contributed by atoms with Gasteiger partial charge >= 0.3 is 6.18 Å². The zero-order chi connectivity index (χ0) is 13.3. The average molecular weight is 276 g/mol. The summed E-state index contributed by atoms with van der Waals surface area (Å²) in [5, 5.41) is 1.19. The highest BCUT2D eigenvalue weighted by Crippen LogP contribution is 2.33. The molecule has 0 aliphatic rings. The van der Waals surface area contributed by atoms with E-state index in [1.807, 2.05) is 0 Å². The van der Waals surface area contributed by atoms with Crippen LogP contribution in [-0.4, -0.2) is 17.3 Å². The highest BCUT2D eigenvalue weighted by molar-refractivity contribution is 6.34. The highest BCUT2D eigenvalue weighted by atomic mass is 35.5. The third-order valence-electron chi connectivity index (χ3n) is 2.47. The van der Waals surface area contributed by atoms with Crippen LogP contribution in [0.5, 0.6) is 5.75 Å². The first-order valence-electron chi connectivity index (χ1n) is 5.16. The van der Waals surface area contributed by atoms with E-state index in [1.54, 1.807) is 18.2 Å². The Balaban J connectivity index is 2.46. The van der Waals surface area contributed by atoms with Crippen molar-refractivity contribution in [3.05, 3.63) is 35.6 Å². The molecule has 1 heterocycles. The van der Waals surface area contributed by atoms with Crippen LogP contribution in [0.15, 0.2) is 30.5 Å². The summed E-state index contributed by atoms with van der Waals surface area (Å²) in [6.07, 6.45) is -4.84. The molecule has 0 bridgehead atoms. The first-order chi connectivity index (χ1) is 8.39. The van der Waals surface area contributed by atoms with E-state index >= 15 is 0 Å². The zero-order valence-electron chi connectivity index (χ0n) is 9.33. The molecule has 0 N–H and O–H groups in total. The minimum absolute atomic E-state index is 0.0791. The van der Waals surface area contributed by atoms with Gasteiger partial charge in [-0.1, -0.05) is 23.7 Å². The summed E-state index contributed by atoms with van der Waals surface area (Å²) in [6.45, 7) is 0.948. The lowest BCUT2D eigenvalue weighted by Crippen LogP contribution is -2.31. The van der Waals surface area contributed by atoms with E-state index in [4.69, 9.17) is 16.3 Å². The van der Waals surface area contributed by atoms with E-state index in [9.17, 15) is 13.2 Å². The average Bonchev–Trinajstić information content (AvgIpc) is 2.28. The van der Waals surface area contributed by atoms with Crippen LogP contribution in [-0.2, 0) is 0 Å². The third-order valence-corrected chi connectivity index (χ3v) is 2.76. The van der Waals surface area contributed by atoms with Gasteiger partial charge in [0.2, 0.25) is 0 Å². The third kappa shape index (κ3) is 2.51. The zero-order valence-corrected chi connectivity index (χ0v) is 10.1. The lowest BCUT2D eigenvalue weighted by molar-refractivity contribution is -0.188. The van der Waals surface area contributed by atoms with Gasteiger partial charge in [-0.3, -0.25) is 0 Å². The van der Waals surface area contributed by atoms with Gasteiger partial charge in [-0.05, 0) is 24.4 Å². The van der Waals surface area contributed by atoms with Crippen LogP contribution in [0.4, 0.5) is 13.2 Å². The number of benzene rings is 1. The van der Waals surface area contributed by atoms with Gasteiger partial charge in [0.05, 0.1) is 5.39 Å². The van der Waals surface area contributed by atoms with Crippen LogP contribution in [0.3, 0.4) is 0 Å². The van der Waals surface area contributed by atoms with Crippen molar-refractivity contribution in [3.8, 4) is 5.75 Å². The minimum Gasteiger partial charge on any atom is -0.480 e. The van der Waals surface area contributed by atoms with E-state index in [-0.39, 0.29) is 10.9 Å². The number of fused-ring (bicyclic) bond motifs is 1. The molecule has 1 unspecified atom stereocenters. The molecule has 18 heavy (non-hydrogen) atoms. The summed E-state index contributed by atoms with van der Waals surface area (Å²) < 4.78 is 42.3. The maximum Gasteiger partial charge on any atom is 0.425 e. The number of aromatic nitrogens is 1. The molecule has 0 saturated carbocycles. The van der Waals surface area contributed by atoms with E-state index in [0.29, 0.717) is 10.8 Å². The first-order valence-corrected chi connectivity index (χ1v) is 5.54. The van der Waals surface area contributed by atoms with Gasteiger partial charge in [0.15, 0.2) is 6.10 Å². The molecule has 6 heteroatoms. The lowest BCUT2D eigenvalue weighted by atomic mass is 10.1. The number of nitrogens with zero attached hydrogens (tertiary/aromatic N) is 1. The normalized spacial score (nSPS) is 13.6. The minimum atomic E-state index is -4.42. The van der Waals surface area contributed by atoms with Crippen molar-refractivity contribution in [1.82, 2.24) is 4.98 Å². The Morgan fingerprint density at radius 1 is 1.28 bits per heavy atom. The quantitative estimate of drug-likeness (QED) is 0.766. The monoisotopic (exact) mass is 275 g/mol. The van der Waals surface area contributed by atoms with Gasteiger partial charge in [-0.2, -0.15) is 13.2 Å². The van der Waals surface area contributed by atoms with E-state index < -0.39 is 12.3 Å². The molecule has 2 nitrogen and oxygen atoms in total. The number of hydrogen-bond acceptors (Lipinski definition) is 2. The molecule has 2 aromatic rings. The number of hydrogen-bond donors (Lipinski definition) is 0. The maximum absolute atomic E-state index is 12.5. The van der Waals surface area contributed by atoms with Crippen molar-refractivity contribution >= 4 is 22.4 Å². The molecule has 0 spiro atoms. The molecular weight excluding hydrogens is 267 g/mol. The van der Waals surface area contributed by atoms with Crippen molar-refractivity contribution in [1.29, 1.82) is 0 Å². The van der Waals surface area contributed by atoms with Crippen molar-refractivity contribution in [3.63, 3.8) is 0 Å².